The quantitative estimate of drug-likeness (QED) is 0.560. The zero-order chi connectivity index (χ0) is 14.6. The van der Waals surface area contributed by atoms with Crippen LogP contribution < -0.4 is 15.6 Å². The van der Waals surface area contributed by atoms with Gasteiger partial charge in [0.15, 0.2) is 0 Å². The smallest absolute Gasteiger partial charge is 0.348 e. The zero-order valence-corrected chi connectivity index (χ0v) is 11.7. The Morgan fingerprint density at radius 2 is 2.00 bits per heavy atom. The van der Waals surface area contributed by atoms with Gasteiger partial charge >= 0.3 is 6.03 Å². The van der Waals surface area contributed by atoms with Crippen LogP contribution in [0.25, 0.3) is 0 Å². The maximum atomic E-state index is 12.1. The minimum Gasteiger partial charge on any atom is -0.348 e. The van der Waals surface area contributed by atoms with Crippen molar-refractivity contribution in [3.63, 3.8) is 0 Å². The van der Waals surface area contributed by atoms with Crippen molar-refractivity contribution < 1.29 is 14.6 Å². The Morgan fingerprint density at radius 1 is 1.25 bits per heavy atom. The van der Waals surface area contributed by atoms with Crippen molar-refractivity contribution in [3.8, 4) is 0 Å². The van der Waals surface area contributed by atoms with Crippen molar-refractivity contribution in [1.82, 2.24) is 20.6 Å². The molecule has 1 saturated heterocycles. The molecule has 3 amide bonds. The first kappa shape index (κ1) is 14.2. The molecule has 1 fully saturated rings. The van der Waals surface area contributed by atoms with Crippen LogP contribution in [0.1, 0.15) is 32.4 Å². The largest absolute Gasteiger partial charge is 0.413 e. The first-order valence-electron chi connectivity index (χ1n) is 6.83. The van der Waals surface area contributed by atoms with E-state index >= 15 is 0 Å². The molecule has 4 N–H and O–H groups in total. The van der Waals surface area contributed by atoms with Crippen molar-refractivity contribution in [3.05, 3.63) is 18.2 Å². The number of urea groups is 1. The van der Waals surface area contributed by atoms with Gasteiger partial charge in [-0.15, -0.1) is 0 Å². The third-order valence-electron chi connectivity index (χ3n) is 3.84. The molecule has 0 aliphatic carbocycles. The Balaban J connectivity index is 2.16. The number of hydrogen-bond acceptors (Lipinski definition) is 3. The van der Waals surface area contributed by atoms with E-state index in [-0.39, 0.29) is 5.91 Å². The Kier molecular flexibility index (Phi) is 4.16. The van der Waals surface area contributed by atoms with Gasteiger partial charge in [-0.05, 0) is 12.8 Å². The number of carbonyl (C=O) groups is 2. The van der Waals surface area contributed by atoms with Gasteiger partial charge in [0.25, 0.3) is 5.84 Å². The number of H-pyrrole nitrogens is 1. The molecule has 108 valence electrons. The molecule has 0 spiro atoms. The number of carbonyl (C=O) groups excluding carboxylic acids is 2. The molecular weight excluding hydrogens is 258 g/mol. The summed E-state index contributed by atoms with van der Waals surface area (Å²) in [6, 6.07) is -0.475. The molecule has 0 atom stereocenters. The van der Waals surface area contributed by atoms with Gasteiger partial charge in [-0.1, -0.05) is 13.8 Å². The number of amides is 3. The Bertz CT molecular complexity index is 517. The number of rotatable bonds is 5. The lowest BCUT2D eigenvalue weighted by molar-refractivity contribution is -0.462. The van der Waals surface area contributed by atoms with Crippen LogP contribution in [-0.2, 0) is 11.2 Å². The molecule has 1 aliphatic rings. The highest BCUT2D eigenvalue weighted by atomic mass is 16.2. The number of aromatic amines is 1. The average Bonchev–Trinajstić information content (AvgIpc) is 2.92. The minimum atomic E-state index is -0.679. The maximum Gasteiger partial charge on any atom is 0.413 e. The van der Waals surface area contributed by atoms with Crippen LogP contribution >= 0.6 is 0 Å². The zero-order valence-electron chi connectivity index (χ0n) is 11.7. The molecule has 2 heterocycles. The summed E-state index contributed by atoms with van der Waals surface area (Å²) in [5.74, 6) is 0.353. The first-order valence-corrected chi connectivity index (χ1v) is 6.83. The lowest BCUT2D eigenvalue weighted by atomic mass is 9.79. The predicted octanol–water partition coefficient (Wildman–Crippen LogP) is -0.923. The fourth-order valence-electron chi connectivity index (χ4n) is 2.48. The van der Waals surface area contributed by atoms with E-state index in [9.17, 15) is 9.59 Å². The fourth-order valence-corrected chi connectivity index (χ4v) is 2.48. The number of imidazole rings is 1. The second-order valence-corrected chi connectivity index (χ2v) is 4.83. The van der Waals surface area contributed by atoms with Gasteiger partial charge in [0, 0.05) is 18.3 Å². The van der Waals surface area contributed by atoms with Gasteiger partial charge < -0.3 is 4.98 Å². The third kappa shape index (κ3) is 2.56. The van der Waals surface area contributed by atoms with E-state index in [2.05, 4.69) is 25.6 Å². The molecule has 7 nitrogen and oxygen atoms in total. The van der Waals surface area contributed by atoms with Crippen molar-refractivity contribution in [1.29, 1.82) is 0 Å². The molecule has 1 aliphatic heterocycles. The monoisotopic (exact) mass is 278 g/mol. The highest BCUT2D eigenvalue weighted by molar-refractivity contribution is 6.19. The third-order valence-corrected chi connectivity index (χ3v) is 3.84. The fraction of sp³-hybridized carbons (Fsp3) is 0.538. The molecule has 20 heavy (non-hydrogen) atoms. The Morgan fingerprint density at radius 3 is 2.60 bits per heavy atom. The van der Waals surface area contributed by atoms with Crippen LogP contribution in [0.3, 0.4) is 0 Å². The second kappa shape index (κ2) is 5.85. The number of nitrogens with zero attached hydrogens (tertiary/aromatic N) is 1. The molecule has 1 aromatic heterocycles. The number of nitrogens with one attached hydrogen (secondary N) is 4. The van der Waals surface area contributed by atoms with Gasteiger partial charge in [0.1, 0.15) is 5.41 Å². The van der Waals surface area contributed by atoms with Gasteiger partial charge in [0.05, 0.1) is 12.9 Å². The topological polar surface area (TPSA) is 101 Å². The molecule has 0 radical (unpaired) electrons. The molecule has 0 saturated carbocycles. The summed E-state index contributed by atoms with van der Waals surface area (Å²) < 4.78 is 0. The normalized spacial score (nSPS) is 19.8. The van der Waals surface area contributed by atoms with Gasteiger partial charge in [-0.3, -0.25) is 15.1 Å². The van der Waals surface area contributed by atoms with E-state index in [1.807, 2.05) is 13.8 Å². The molecule has 0 bridgehead atoms. The summed E-state index contributed by atoms with van der Waals surface area (Å²) in [6.07, 6.45) is 5.38. The number of amidine groups is 1. The van der Waals surface area contributed by atoms with E-state index in [1.165, 1.54) is 0 Å². The highest BCUT2D eigenvalue weighted by Crippen LogP contribution is 2.27. The second-order valence-electron chi connectivity index (χ2n) is 4.83. The van der Waals surface area contributed by atoms with Crippen LogP contribution in [0.5, 0.6) is 0 Å². The van der Waals surface area contributed by atoms with E-state index < -0.39 is 11.4 Å². The van der Waals surface area contributed by atoms with Crippen LogP contribution in [0.4, 0.5) is 4.79 Å². The summed E-state index contributed by atoms with van der Waals surface area (Å²) in [5, 5.41) is 5.07. The molecular formula is C13H20N5O2+. The van der Waals surface area contributed by atoms with E-state index in [1.54, 1.807) is 12.5 Å². The van der Waals surface area contributed by atoms with Crippen molar-refractivity contribution >= 4 is 17.8 Å². The van der Waals surface area contributed by atoms with Gasteiger partial charge in [-0.25, -0.2) is 9.78 Å². The van der Waals surface area contributed by atoms with E-state index in [4.69, 9.17) is 0 Å². The Labute approximate surface area is 117 Å². The molecule has 7 heteroatoms. The van der Waals surface area contributed by atoms with E-state index in [0.29, 0.717) is 25.2 Å². The van der Waals surface area contributed by atoms with Gasteiger partial charge in [-0.2, -0.15) is 5.32 Å². The molecule has 0 unspecified atom stereocenters. The van der Waals surface area contributed by atoms with Crippen LogP contribution in [0.15, 0.2) is 12.5 Å². The van der Waals surface area contributed by atoms with E-state index in [0.717, 1.165) is 12.1 Å². The van der Waals surface area contributed by atoms with Crippen molar-refractivity contribution in [2.24, 2.45) is 5.41 Å². The molecule has 0 aromatic carbocycles. The van der Waals surface area contributed by atoms with Gasteiger partial charge in [0.2, 0.25) is 5.91 Å². The molecule has 2 rings (SSSR count). The average molecular weight is 278 g/mol. The maximum absolute atomic E-state index is 12.1. The highest BCUT2D eigenvalue weighted by Gasteiger charge is 2.50. The number of hydrogen-bond donors (Lipinski definition) is 4. The summed E-state index contributed by atoms with van der Waals surface area (Å²) >= 11 is 0. The van der Waals surface area contributed by atoms with Crippen molar-refractivity contribution in [2.75, 3.05) is 6.54 Å². The lowest BCUT2D eigenvalue weighted by Crippen LogP contribution is -2.84. The standard InChI is InChI=1S/C13H19N5O2/c1-3-13(4-2)10(17-12(20)18-11(13)19)15-6-5-9-7-14-8-16-9/h7-8H,3-6H2,1-2H3,(H,14,16)(H2,15,17,18,19,20)/p+1. The first-order chi connectivity index (χ1) is 9.62. The Hall–Kier alpha value is -2.18. The summed E-state index contributed by atoms with van der Waals surface area (Å²) in [6.45, 7) is 4.50. The minimum absolute atomic E-state index is 0.240. The summed E-state index contributed by atoms with van der Waals surface area (Å²) in [4.78, 5) is 33.8. The summed E-state index contributed by atoms with van der Waals surface area (Å²) in [7, 11) is 0. The SMILES string of the molecule is CCC1(CC)C(=O)NC(=O)NC1=[NH+]CCc1cnc[nH]1. The molecule has 1 aromatic rings. The predicted molar refractivity (Wildman–Crippen MR) is 72.8 cm³/mol. The lowest BCUT2D eigenvalue weighted by Gasteiger charge is -2.30. The summed E-state index contributed by atoms with van der Waals surface area (Å²) in [5.41, 5.74) is 0.324. The number of aromatic nitrogens is 2. The van der Waals surface area contributed by atoms with Crippen molar-refractivity contribution in [2.45, 2.75) is 33.1 Å². The van der Waals surface area contributed by atoms with Crippen LogP contribution in [-0.4, -0.2) is 34.3 Å². The van der Waals surface area contributed by atoms with Crippen LogP contribution in [0.2, 0.25) is 0 Å². The number of imide groups is 1. The van der Waals surface area contributed by atoms with Crippen LogP contribution in [0, 0.1) is 5.41 Å².